The summed E-state index contributed by atoms with van der Waals surface area (Å²) in [7, 11) is 0. The molecule has 0 bridgehead atoms. The number of nitrogens with zero attached hydrogens (tertiary/aromatic N) is 2. The van der Waals surface area contributed by atoms with E-state index >= 15 is 0 Å². The van der Waals surface area contributed by atoms with E-state index in [1.165, 1.54) is 6.42 Å². The maximum Gasteiger partial charge on any atom is 0.0693 e. The van der Waals surface area contributed by atoms with Crippen molar-refractivity contribution in [2.45, 2.75) is 57.3 Å². The summed E-state index contributed by atoms with van der Waals surface area (Å²) in [6, 6.07) is 2.54. The van der Waals surface area contributed by atoms with Gasteiger partial charge in [-0.25, -0.2) is 0 Å². The molecule has 0 saturated heterocycles. The molecule has 16 heavy (non-hydrogen) atoms. The van der Waals surface area contributed by atoms with Crippen LogP contribution >= 0.6 is 0 Å². The molecule has 4 nitrogen and oxygen atoms in total. The predicted molar refractivity (Wildman–Crippen MR) is 63.1 cm³/mol. The molecule has 0 aliphatic heterocycles. The number of hydrogen-bond donors (Lipinski definition) is 2. The number of aliphatic hydroxyl groups is 1. The lowest BCUT2D eigenvalue weighted by atomic mass is 9.92. The summed E-state index contributed by atoms with van der Waals surface area (Å²) in [5, 5.41) is 17.5. The second-order valence-corrected chi connectivity index (χ2v) is 4.75. The Labute approximate surface area is 96.7 Å². The average molecular weight is 223 g/mol. The number of aliphatic hydroxyl groups excluding tert-OH is 1. The minimum atomic E-state index is -0.172. The fourth-order valence-corrected chi connectivity index (χ4v) is 2.41. The molecule has 1 heterocycles. The van der Waals surface area contributed by atoms with Crippen molar-refractivity contribution < 1.29 is 5.11 Å². The normalized spacial score (nSPS) is 27.9. The summed E-state index contributed by atoms with van der Waals surface area (Å²) >= 11 is 0. The van der Waals surface area contributed by atoms with Crippen molar-refractivity contribution in [2.24, 2.45) is 0 Å². The van der Waals surface area contributed by atoms with Gasteiger partial charge in [0.2, 0.25) is 0 Å². The van der Waals surface area contributed by atoms with Gasteiger partial charge in [0.05, 0.1) is 12.6 Å². The van der Waals surface area contributed by atoms with E-state index in [9.17, 15) is 5.11 Å². The van der Waals surface area contributed by atoms with Crippen LogP contribution in [-0.2, 0) is 6.54 Å². The third-order valence-corrected chi connectivity index (χ3v) is 3.25. The second kappa shape index (κ2) is 5.46. The van der Waals surface area contributed by atoms with E-state index in [1.54, 1.807) is 6.20 Å². The number of hydrogen-bond acceptors (Lipinski definition) is 3. The van der Waals surface area contributed by atoms with Crippen molar-refractivity contribution in [2.75, 3.05) is 0 Å². The van der Waals surface area contributed by atoms with Crippen LogP contribution in [0, 0.1) is 0 Å². The third-order valence-electron chi connectivity index (χ3n) is 3.25. The molecule has 4 heteroatoms. The summed E-state index contributed by atoms with van der Waals surface area (Å²) in [4.78, 5) is 0. The zero-order valence-corrected chi connectivity index (χ0v) is 9.84. The highest BCUT2D eigenvalue weighted by Gasteiger charge is 2.23. The molecule has 0 radical (unpaired) electrons. The first-order valence-electron chi connectivity index (χ1n) is 6.17. The summed E-state index contributed by atoms with van der Waals surface area (Å²) < 4.78 is 1.92. The van der Waals surface area contributed by atoms with Crippen LogP contribution in [0.5, 0.6) is 0 Å². The maximum absolute atomic E-state index is 9.86. The lowest BCUT2D eigenvalue weighted by molar-refractivity contribution is 0.0845. The monoisotopic (exact) mass is 223 g/mol. The van der Waals surface area contributed by atoms with Crippen LogP contribution in [0.1, 0.15) is 32.6 Å². The molecule has 2 N–H and O–H groups in total. The van der Waals surface area contributed by atoms with Gasteiger partial charge in [-0.05, 0) is 25.8 Å². The second-order valence-electron chi connectivity index (χ2n) is 4.75. The summed E-state index contributed by atoms with van der Waals surface area (Å²) in [5.74, 6) is 0. The Morgan fingerprint density at radius 1 is 1.50 bits per heavy atom. The molecule has 1 aliphatic rings. The Morgan fingerprint density at radius 2 is 2.31 bits per heavy atom. The summed E-state index contributed by atoms with van der Waals surface area (Å²) in [5.41, 5.74) is 0. The van der Waals surface area contributed by atoms with Gasteiger partial charge in [0.1, 0.15) is 0 Å². The van der Waals surface area contributed by atoms with Gasteiger partial charge in [-0.3, -0.25) is 4.68 Å². The van der Waals surface area contributed by atoms with Gasteiger partial charge in [0.15, 0.2) is 0 Å². The molecular formula is C12H21N3O. The number of rotatable bonds is 4. The standard InChI is InChI=1S/C12H21N3O/c1-10(9-15-8-4-7-13-15)14-11-5-2-3-6-12(11)16/h4,7-8,10-12,14,16H,2-3,5-6,9H2,1H3/t10?,11-,12-/m0/s1. The summed E-state index contributed by atoms with van der Waals surface area (Å²) in [6.45, 7) is 3.00. The van der Waals surface area contributed by atoms with E-state index in [0.717, 1.165) is 25.8 Å². The minimum absolute atomic E-state index is 0.172. The van der Waals surface area contributed by atoms with Crippen LogP contribution in [-0.4, -0.2) is 33.1 Å². The van der Waals surface area contributed by atoms with Gasteiger partial charge >= 0.3 is 0 Å². The van der Waals surface area contributed by atoms with Crippen molar-refractivity contribution in [1.29, 1.82) is 0 Å². The molecule has 1 aromatic rings. The molecule has 1 aromatic heterocycles. The minimum Gasteiger partial charge on any atom is -0.392 e. The Hall–Kier alpha value is -0.870. The van der Waals surface area contributed by atoms with Crippen LogP contribution in [0.25, 0.3) is 0 Å². The number of aromatic nitrogens is 2. The first-order chi connectivity index (χ1) is 7.75. The first kappa shape index (κ1) is 11.6. The van der Waals surface area contributed by atoms with E-state index in [1.807, 2.05) is 16.9 Å². The first-order valence-corrected chi connectivity index (χ1v) is 6.17. The van der Waals surface area contributed by atoms with Crippen molar-refractivity contribution in [3.8, 4) is 0 Å². The molecule has 0 aromatic carbocycles. The van der Waals surface area contributed by atoms with Crippen molar-refractivity contribution in [3.63, 3.8) is 0 Å². The lowest BCUT2D eigenvalue weighted by Gasteiger charge is -2.31. The third kappa shape index (κ3) is 3.06. The number of nitrogens with one attached hydrogen (secondary N) is 1. The maximum atomic E-state index is 9.86. The molecule has 1 aliphatic carbocycles. The van der Waals surface area contributed by atoms with E-state index in [0.29, 0.717) is 6.04 Å². The smallest absolute Gasteiger partial charge is 0.0693 e. The lowest BCUT2D eigenvalue weighted by Crippen LogP contribution is -2.47. The van der Waals surface area contributed by atoms with E-state index in [4.69, 9.17) is 0 Å². The molecule has 1 fully saturated rings. The van der Waals surface area contributed by atoms with Crippen molar-refractivity contribution >= 4 is 0 Å². The fraction of sp³-hybridized carbons (Fsp3) is 0.750. The highest BCUT2D eigenvalue weighted by Crippen LogP contribution is 2.18. The van der Waals surface area contributed by atoms with Crippen molar-refractivity contribution in [1.82, 2.24) is 15.1 Å². The van der Waals surface area contributed by atoms with Gasteiger partial charge in [-0.2, -0.15) is 5.10 Å². The van der Waals surface area contributed by atoms with Crippen molar-refractivity contribution in [3.05, 3.63) is 18.5 Å². The van der Waals surface area contributed by atoms with Gasteiger partial charge in [0, 0.05) is 24.5 Å². The van der Waals surface area contributed by atoms with Crippen LogP contribution in [0.15, 0.2) is 18.5 Å². The fourth-order valence-electron chi connectivity index (χ4n) is 2.41. The molecule has 2 rings (SSSR count). The zero-order valence-electron chi connectivity index (χ0n) is 9.84. The molecule has 3 atom stereocenters. The highest BCUT2D eigenvalue weighted by atomic mass is 16.3. The van der Waals surface area contributed by atoms with Gasteiger partial charge in [0.25, 0.3) is 0 Å². The molecule has 0 amide bonds. The molecule has 1 saturated carbocycles. The topological polar surface area (TPSA) is 50.1 Å². The Balaban J connectivity index is 1.79. The van der Waals surface area contributed by atoms with E-state index < -0.39 is 0 Å². The van der Waals surface area contributed by atoms with Crippen LogP contribution < -0.4 is 5.32 Å². The van der Waals surface area contributed by atoms with Gasteiger partial charge in [-0.15, -0.1) is 0 Å². The predicted octanol–water partition coefficient (Wildman–Crippen LogP) is 1.16. The highest BCUT2D eigenvalue weighted by molar-refractivity contribution is 4.84. The molecule has 1 unspecified atom stereocenters. The van der Waals surface area contributed by atoms with Gasteiger partial charge < -0.3 is 10.4 Å². The zero-order chi connectivity index (χ0) is 11.4. The molecular weight excluding hydrogens is 202 g/mol. The molecule has 0 spiro atoms. The quantitative estimate of drug-likeness (QED) is 0.805. The largest absolute Gasteiger partial charge is 0.392 e. The SMILES string of the molecule is CC(Cn1cccn1)N[C@H]1CCCC[C@@H]1O. The average Bonchev–Trinajstić information content (AvgIpc) is 2.74. The Morgan fingerprint density at radius 3 is 3.00 bits per heavy atom. The van der Waals surface area contributed by atoms with E-state index in [-0.39, 0.29) is 12.1 Å². The van der Waals surface area contributed by atoms with Crippen LogP contribution in [0.4, 0.5) is 0 Å². The van der Waals surface area contributed by atoms with Gasteiger partial charge in [-0.1, -0.05) is 12.8 Å². The molecule has 90 valence electrons. The Kier molecular flexibility index (Phi) is 3.96. The Bertz CT molecular complexity index is 299. The van der Waals surface area contributed by atoms with E-state index in [2.05, 4.69) is 17.3 Å². The summed E-state index contributed by atoms with van der Waals surface area (Å²) in [6.07, 6.45) is 8.00. The van der Waals surface area contributed by atoms with Crippen LogP contribution in [0.3, 0.4) is 0 Å². The van der Waals surface area contributed by atoms with Crippen LogP contribution in [0.2, 0.25) is 0 Å².